The van der Waals surface area contributed by atoms with Crippen molar-refractivity contribution in [1.82, 2.24) is 4.31 Å². The van der Waals surface area contributed by atoms with Gasteiger partial charge < -0.3 is 20.1 Å². The highest BCUT2D eigenvalue weighted by atomic mass is 32.2. The van der Waals surface area contributed by atoms with Gasteiger partial charge in [0.1, 0.15) is 18.9 Å². The number of esters is 2. The van der Waals surface area contributed by atoms with Gasteiger partial charge >= 0.3 is 11.9 Å². The smallest absolute Gasteiger partial charge is 0.330 e. The van der Waals surface area contributed by atoms with Crippen LogP contribution in [0.2, 0.25) is 0 Å². The number of carbonyl (C=O) groups is 2. The zero-order chi connectivity index (χ0) is 44.4. The van der Waals surface area contributed by atoms with Gasteiger partial charge in [0.15, 0.2) is 0 Å². The molecule has 1 unspecified atom stereocenters. The first kappa shape index (κ1) is 44.0. The normalized spacial score (nSPS) is 14.8. The Morgan fingerprint density at radius 1 is 0.683 bits per heavy atom. The summed E-state index contributed by atoms with van der Waals surface area (Å²) in [7, 11) is -4.09. The minimum Gasteiger partial charge on any atom is -0.461 e. The summed E-state index contributed by atoms with van der Waals surface area (Å²) < 4.78 is 38.2. The number of carbonyl (C=O) groups excluding carboxylic acids is 2. The molecule has 0 aliphatic carbocycles. The average molecular weight is 864 g/mol. The Kier molecular flexibility index (Phi) is 13.8. The van der Waals surface area contributed by atoms with Gasteiger partial charge in [-0.05, 0) is 85.5 Å². The molecule has 1 aliphatic rings. The van der Waals surface area contributed by atoms with Gasteiger partial charge in [0.05, 0.1) is 27.6 Å². The monoisotopic (exact) mass is 863 g/mol. The summed E-state index contributed by atoms with van der Waals surface area (Å²) in [6, 6.07) is 36.4. The fraction of sp³-hybridized carbons (Fsp3) is 0.224. The lowest BCUT2D eigenvalue weighted by Gasteiger charge is -2.39. The summed E-state index contributed by atoms with van der Waals surface area (Å²) in [5, 5.41) is 29.6. The second-order valence-electron chi connectivity index (χ2n) is 15.1. The van der Waals surface area contributed by atoms with Crippen LogP contribution in [0.5, 0.6) is 0 Å². The highest BCUT2D eigenvalue weighted by molar-refractivity contribution is 7.89. The third kappa shape index (κ3) is 10.2. The molecule has 0 bridgehead atoms. The van der Waals surface area contributed by atoms with Crippen molar-refractivity contribution in [3.8, 4) is 0 Å². The van der Waals surface area contributed by atoms with Crippen molar-refractivity contribution in [3.63, 3.8) is 0 Å². The van der Waals surface area contributed by atoms with Crippen molar-refractivity contribution in [2.45, 2.75) is 50.1 Å². The molecule has 6 aromatic rings. The third-order valence-corrected chi connectivity index (χ3v) is 12.7. The Labute approximate surface area is 367 Å². The first-order valence-electron chi connectivity index (χ1n) is 20.8. The molecule has 7 rings (SSSR count). The molecule has 0 radical (unpaired) electrons. The average Bonchev–Trinajstić information content (AvgIpc) is 3.30. The molecule has 1 aliphatic heterocycles. The van der Waals surface area contributed by atoms with Gasteiger partial charge in [0.25, 0.3) is 0 Å². The first-order chi connectivity index (χ1) is 30.5. The molecule has 1 atom stereocenters. The van der Waals surface area contributed by atoms with E-state index >= 15 is 0 Å². The molecule has 0 aromatic heterocycles. The van der Waals surface area contributed by atoms with E-state index in [1.54, 1.807) is 0 Å². The predicted octanol–water partition coefficient (Wildman–Crippen LogP) is 11.7. The molecule has 0 spiro atoms. The minimum absolute atomic E-state index is 0.0349. The van der Waals surface area contributed by atoms with Crippen molar-refractivity contribution >= 4 is 77.6 Å². The second-order valence-corrected chi connectivity index (χ2v) is 17.0. The molecule has 63 heavy (non-hydrogen) atoms. The lowest BCUT2D eigenvalue weighted by atomic mass is 9.92. The number of sulfonamides is 1. The number of aryl methyl sites for hydroxylation is 1. The SMILES string of the molecule is C=CC(=O)OCCN(CCOC(=O)C=C)S(=O)(=O)c1ccc(N=Nc2ccc(N=Nc3ccc4c5c(cccc35)NC(C)(c3cccc(CCCCC)c3)N4)c3ccccc23)cc1. The zero-order valence-corrected chi connectivity index (χ0v) is 36.1. The molecule has 1 heterocycles. The van der Waals surface area contributed by atoms with E-state index in [4.69, 9.17) is 19.7 Å². The van der Waals surface area contributed by atoms with Crippen molar-refractivity contribution in [1.29, 1.82) is 0 Å². The van der Waals surface area contributed by atoms with Crippen molar-refractivity contribution in [3.05, 3.63) is 152 Å². The van der Waals surface area contributed by atoms with Crippen LogP contribution in [0.4, 0.5) is 34.1 Å². The van der Waals surface area contributed by atoms with Crippen LogP contribution in [-0.4, -0.2) is 51.0 Å². The Morgan fingerprint density at radius 3 is 1.86 bits per heavy atom. The number of nitrogens with zero attached hydrogens (tertiary/aromatic N) is 5. The summed E-state index contributed by atoms with van der Waals surface area (Å²) in [5.74, 6) is -1.38. The van der Waals surface area contributed by atoms with Gasteiger partial charge in [0.2, 0.25) is 10.0 Å². The molecular weight excluding hydrogens is 815 g/mol. The largest absolute Gasteiger partial charge is 0.461 e. The van der Waals surface area contributed by atoms with Crippen LogP contribution >= 0.6 is 0 Å². The second kappa shape index (κ2) is 19.8. The van der Waals surface area contributed by atoms with Crippen LogP contribution in [0.15, 0.2) is 166 Å². The van der Waals surface area contributed by atoms with E-state index in [-0.39, 0.29) is 31.2 Å². The van der Waals surface area contributed by atoms with Crippen LogP contribution < -0.4 is 10.6 Å². The van der Waals surface area contributed by atoms with Gasteiger partial charge in [0, 0.05) is 58.2 Å². The molecular formula is C49H49N7O6S. The van der Waals surface area contributed by atoms with Gasteiger partial charge in [-0.25, -0.2) is 18.0 Å². The van der Waals surface area contributed by atoms with Gasteiger partial charge in [-0.1, -0.05) is 93.6 Å². The molecule has 2 N–H and O–H groups in total. The number of ether oxygens (including phenoxy) is 2. The number of azo groups is 2. The fourth-order valence-electron chi connectivity index (χ4n) is 7.48. The maximum absolute atomic E-state index is 13.6. The van der Waals surface area contributed by atoms with Crippen LogP contribution in [0.25, 0.3) is 21.5 Å². The molecule has 0 fully saturated rings. The summed E-state index contributed by atoms with van der Waals surface area (Å²) in [6.45, 7) is 10.3. The maximum atomic E-state index is 13.6. The summed E-state index contributed by atoms with van der Waals surface area (Å²) >= 11 is 0. The van der Waals surface area contributed by atoms with Crippen molar-refractivity contribution in [2.24, 2.45) is 20.5 Å². The van der Waals surface area contributed by atoms with E-state index in [1.165, 1.54) is 54.7 Å². The van der Waals surface area contributed by atoms with Crippen LogP contribution in [0.1, 0.15) is 44.2 Å². The van der Waals surface area contributed by atoms with Gasteiger partial charge in [-0.3, -0.25) is 0 Å². The molecule has 13 nitrogen and oxygen atoms in total. The van der Waals surface area contributed by atoms with E-state index in [0.29, 0.717) is 17.1 Å². The Hall–Kier alpha value is -7.03. The number of rotatable bonds is 19. The molecule has 0 saturated heterocycles. The van der Waals surface area contributed by atoms with Crippen LogP contribution in [0, 0.1) is 0 Å². The number of nitrogens with one attached hydrogen (secondary N) is 2. The van der Waals surface area contributed by atoms with Gasteiger partial charge in [-0.2, -0.15) is 9.42 Å². The highest BCUT2D eigenvalue weighted by Gasteiger charge is 2.32. The molecule has 0 amide bonds. The number of benzene rings is 6. The van der Waals surface area contributed by atoms with Gasteiger partial charge in [-0.15, -0.1) is 15.3 Å². The molecule has 6 aromatic carbocycles. The summed E-state index contributed by atoms with van der Waals surface area (Å²) in [6.07, 6.45) is 6.63. The van der Waals surface area contributed by atoms with E-state index in [2.05, 4.69) is 90.3 Å². The minimum atomic E-state index is -4.09. The van der Waals surface area contributed by atoms with Crippen molar-refractivity contribution in [2.75, 3.05) is 36.9 Å². The number of unbranched alkanes of at least 4 members (excludes halogenated alkanes) is 2. The van der Waals surface area contributed by atoms with E-state index in [0.717, 1.165) is 61.5 Å². The Balaban J connectivity index is 1.08. The maximum Gasteiger partial charge on any atom is 0.330 e. The Morgan fingerprint density at radius 2 is 1.24 bits per heavy atom. The standard InChI is InChI=1S/C49H49N7O6S/c1-5-8-9-14-34-15-12-16-35(33-34)49(4)50-44-20-13-19-40-43(27-28-45(51-49)48(40)44)55-54-42-26-25-41(38-17-10-11-18-39(38)42)53-52-36-21-23-37(24-22-36)63(59,60)56(29-31-61-46(57)6-2)30-32-62-47(58)7-3/h6-7,10-13,15-28,33,50-51H,2-3,5,8-9,14,29-32H2,1,4H3. The molecule has 14 heteroatoms. The number of anilines is 2. The van der Waals surface area contributed by atoms with Crippen LogP contribution in [-0.2, 0) is 41.2 Å². The zero-order valence-electron chi connectivity index (χ0n) is 35.3. The number of hydrogen-bond donors (Lipinski definition) is 2. The predicted molar refractivity (Wildman–Crippen MR) is 248 cm³/mol. The molecule has 0 saturated carbocycles. The molecule has 322 valence electrons. The fourth-order valence-corrected chi connectivity index (χ4v) is 8.89. The third-order valence-electron chi connectivity index (χ3n) is 10.8. The topological polar surface area (TPSA) is 163 Å². The lowest BCUT2D eigenvalue weighted by molar-refractivity contribution is -0.137. The number of fused-ring (bicyclic) bond motifs is 1. The summed E-state index contributed by atoms with van der Waals surface area (Å²) in [4.78, 5) is 23.1. The quantitative estimate of drug-likeness (QED) is 0.0352. The van der Waals surface area contributed by atoms with E-state index < -0.39 is 27.6 Å². The van der Waals surface area contributed by atoms with E-state index in [1.807, 2.05) is 48.5 Å². The lowest BCUT2D eigenvalue weighted by Crippen LogP contribution is -2.42. The Bertz CT molecular complexity index is 2800. The highest BCUT2D eigenvalue weighted by Crippen LogP contribution is 2.45. The van der Waals surface area contributed by atoms with Crippen molar-refractivity contribution < 1.29 is 27.5 Å². The van der Waals surface area contributed by atoms with E-state index in [9.17, 15) is 18.0 Å². The summed E-state index contributed by atoms with van der Waals surface area (Å²) in [5.41, 5.74) is 6.43. The number of hydrogen-bond acceptors (Lipinski definition) is 12. The first-order valence-corrected chi connectivity index (χ1v) is 22.2. The van der Waals surface area contributed by atoms with Crippen LogP contribution in [0.3, 0.4) is 0 Å².